The fourth-order valence-corrected chi connectivity index (χ4v) is 3.91. The molecule has 160 valence electrons. The Kier molecular flexibility index (Phi) is 6.16. The Morgan fingerprint density at radius 3 is 2.65 bits per heavy atom. The second-order valence-corrected chi connectivity index (χ2v) is 7.85. The van der Waals surface area contributed by atoms with Gasteiger partial charge in [0.15, 0.2) is 0 Å². The van der Waals surface area contributed by atoms with E-state index in [1.165, 1.54) is 0 Å². The molecular formula is C25H27N3O3. The van der Waals surface area contributed by atoms with Gasteiger partial charge in [-0.25, -0.2) is 9.78 Å². The van der Waals surface area contributed by atoms with Crippen molar-refractivity contribution < 1.29 is 14.3 Å². The van der Waals surface area contributed by atoms with Gasteiger partial charge in [-0.15, -0.1) is 0 Å². The number of carbonyl (C=O) groups is 2. The first-order valence-electron chi connectivity index (χ1n) is 10.8. The molecule has 1 N–H and O–H groups in total. The number of anilines is 2. The van der Waals surface area contributed by atoms with Gasteiger partial charge in [-0.05, 0) is 69.5 Å². The van der Waals surface area contributed by atoms with Crippen LogP contribution in [0.4, 0.5) is 11.4 Å². The van der Waals surface area contributed by atoms with Crippen LogP contribution >= 0.6 is 0 Å². The summed E-state index contributed by atoms with van der Waals surface area (Å²) in [6.45, 7) is 5.68. The zero-order valence-electron chi connectivity index (χ0n) is 18.0. The number of likely N-dealkylation sites (tertiary alicyclic amines) is 1. The summed E-state index contributed by atoms with van der Waals surface area (Å²) in [4.78, 5) is 31.8. The van der Waals surface area contributed by atoms with Gasteiger partial charge in [-0.2, -0.15) is 0 Å². The van der Waals surface area contributed by atoms with Crippen molar-refractivity contribution in [3.63, 3.8) is 0 Å². The number of aryl methyl sites for hydroxylation is 1. The third-order valence-electron chi connectivity index (χ3n) is 5.48. The summed E-state index contributed by atoms with van der Waals surface area (Å²) < 4.78 is 5.11. The van der Waals surface area contributed by atoms with Gasteiger partial charge in [0.2, 0.25) is 0 Å². The predicted molar refractivity (Wildman–Crippen MR) is 122 cm³/mol. The van der Waals surface area contributed by atoms with Crippen LogP contribution in [0.15, 0.2) is 48.5 Å². The van der Waals surface area contributed by atoms with Crippen LogP contribution in [-0.4, -0.2) is 41.5 Å². The van der Waals surface area contributed by atoms with Crippen LogP contribution in [0, 0.1) is 6.92 Å². The van der Waals surface area contributed by atoms with E-state index in [4.69, 9.17) is 4.74 Å². The van der Waals surface area contributed by atoms with Gasteiger partial charge >= 0.3 is 5.97 Å². The Morgan fingerprint density at radius 2 is 1.87 bits per heavy atom. The summed E-state index contributed by atoms with van der Waals surface area (Å²) in [6.07, 6.45) is 3.23. The molecule has 4 rings (SSSR count). The summed E-state index contributed by atoms with van der Waals surface area (Å²) in [5, 5.41) is 4.32. The number of rotatable bonds is 5. The maximum atomic E-state index is 13.1. The minimum absolute atomic E-state index is 0.0366. The molecule has 1 aliphatic rings. The number of amides is 1. The topological polar surface area (TPSA) is 71.5 Å². The molecule has 0 bridgehead atoms. The van der Waals surface area contributed by atoms with Crippen LogP contribution in [0.2, 0.25) is 0 Å². The zero-order chi connectivity index (χ0) is 21.8. The number of esters is 1. The Balaban J connectivity index is 1.72. The van der Waals surface area contributed by atoms with Gasteiger partial charge < -0.3 is 15.0 Å². The van der Waals surface area contributed by atoms with E-state index in [1.807, 2.05) is 42.2 Å². The number of piperidine rings is 1. The lowest BCUT2D eigenvalue weighted by molar-refractivity contribution is 0.0526. The van der Waals surface area contributed by atoms with Crippen LogP contribution in [0.5, 0.6) is 0 Å². The van der Waals surface area contributed by atoms with Crippen molar-refractivity contribution in [2.24, 2.45) is 0 Å². The molecule has 1 fully saturated rings. The largest absolute Gasteiger partial charge is 0.462 e. The number of aromatic nitrogens is 1. The molecule has 3 aromatic rings. The standard InChI is InChI=1S/C25H27N3O3/c1-3-31-25(30)18-8-7-9-19(15-18)26-22-16-23(24(29)28-12-5-4-6-13-28)27-21-11-10-17(2)14-20(21)22/h7-11,14-16H,3-6,12-13H2,1-2H3,(H,26,27). The van der Waals surface area contributed by atoms with E-state index in [2.05, 4.69) is 16.4 Å². The molecule has 1 amide bonds. The first-order valence-corrected chi connectivity index (χ1v) is 10.8. The van der Waals surface area contributed by atoms with E-state index in [0.717, 1.165) is 60.2 Å². The monoisotopic (exact) mass is 417 g/mol. The lowest BCUT2D eigenvalue weighted by Gasteiger charge is -2.26. The summed E-state index contributed by atoms with van der Waals surface area (Å²) in [5.74, 6) is -0.395. The molecule has 31 heavy (non-hydrogen) atoms. The highest BCUT2D eigenvalue weighted by Crippen LogP contribution is 2.29. The molecule has 1 aromatic heterocycles. The second-order valence-electron chi connectivity index (χ2n) is 7.85. The number of benzene rings is 2. The maximum absolute atomic E-state index is 13.1. The highest BCUT2D eigenvalue weighted by atomic mass is 16.5. The normalized spacial score (nSPS) is 13.8. The number of carbonyl (C=O) groups excluding carboxylic acids is 2. The van der Waals surface area contributed by atoms with Crippen molar-refractivity contribution in [1.29, 1.82) is 0 Å². The average molecular weight is 418 g/mol. The zero-order valence-corrected chi connectivity index (χ0v) is 18.0. The Bertz CT molecular complexity index is 1120. The number of hydrogen-bond acceptors (Lipinski definition) is 5. The molecule has 0 spiro atoms. The number of ether oxygens (including phenoxy) is 1. The smallest absolute Gasteiger partial charge is 0.338 e. The van der Waals surface area contributed by atoms with Gasteiger partial charge in [0.05, 0.1) is 23.4 Å². The second kappa shape index (κ2) is 9.16. The van der Waals surface area contributed by atoms with Crippen molar-refractivity contribution in [2.45, 2.75) is 33.1 Å². The molecule has 1 aliphatic heterocycles. The molecule has 0 unspecified atom stereocenters. The molecule has 0 atom stereocenters. The van der Waals surface area contributed by atoms with Gasteiger partial charge in [0.25, 0.3) is 5.91 Å². The quantitative estimate of drug-likeness (QED) is 0.586. The van der Waals surface area contributed by atoms with Gasteiger partial charge in [0.1, 0.15) is 5.69 Å². The minimum atomic E-state index is -0.359. The van der Waals surface area contributed by atoms with Gasteiger partial charge in [0, 0.05) is 24.2 Å². The lowest BCUT2D eigenvalue weighted by Crippen LogP contribution is -2.36. The van der Waals surface area contributed by atoms with Crippen LogP contribution in [-0.2, 0) is 4.74 Å². The van der Waals surface area contributed by atoms with E-state index in [9.17, 15) is 9.59 Å². The molecule has 1 saturated heterocycles. The van der Waals surface area contributed by atoms with Crippen molar-refractivity contribution >= 4 is 34.2 Å². The summed E-state index contributed by atoms with van der Waals surface area (Å²) >= 11 is 0. The maximum Gasteiger partial charge on any atom is 0.338 e. The van der Waals surface area contributed by atoms with E-state index in [0.29, 0.717) is 17.9 Å². The molecule has 6 heteroatoms. The number of nitrogens with one attached hydrogen (secondary N) is 1. The van der Waals surface area contributed by atoms with Crippen molar-refractivity contribution in [1.82, 2.24) is 9.88 Å². The van der Waals surface area contributed by atoms with Crippen molar-refractivity contribution in [3.05, 3.63) is 65.4 Å². The number of nitrogens with zero attached hydrogens (tertiary/aromatic N) is 2. The molecular weight excluding hydrogens is 390 g/mol. The molecule has 2 heterocycles. The number of hydrogen-bond donors (Lipinski definition) is 1. The van der Waals surface area contributed by atoms with Crippen LogP contribution in [0.25, 0.3) is 10.9 Å². The highest BCUT2D eigenvalue weighted by molar-refractivity contribution is 6.01. The first kappa shape index (κ1) is 20.8. The number of pyridine rings is 1. The molecule has 2 aromatic carbocycles. The third-order valence-corrected chi connectivity index (χ3v) is 5.48. The summed E-state index contributed by atoms with van der Waals surface area (Å²) in [6, 6.07) is 15.0. The minimum Gasteiger partial charge on any atom is -0.462 e. The summed E-state index contributed by atoms with van der Waals surface area (Å²) in [5.41, 5.74) is 4.31. The molecule has 0 aliphatic carbocycles. The van der Waals surface area contributed by atoms with E-state index >= 15 is 0 Å². The average Bonchev–Trinajstić information content (AvgIpc) is 2.79. The fraction of sp³-hybridized carbons (Fsp3) is 0.320. The molecule has 6 nitrogen and oxygen atoms in total. The number of fused-ring (bicyclic) bond motifs is 1. The SMILES string of the molecule is CCOC(=O)c1cccc(Nc2cc(C(=O)N3CCCCC3)nc3ccc(C)cc23)c1. The van der Waals surface area contributed by atoms with Crippen molar-refractivity contribution in [3.8, 4) is 0 Å². The highest BCUT2D eigenvalue weighted by Gasteiger charge is 2.21. The first-order chi connectivity index (χ1) is 15.0. The van der Waals surface area contributed by atoms with Crippen molar-refractivity contribution in [2.75, 3.05) is 25.0 Å². The molecule has 0 radical (unpaired) electrons. The molecule has 0 saturated carbocycles. The van der Waals surface area contributed by atoms with E-state index in [-0.39, 0.29) is 11.9 Å². The predicted octanol–water partition coefficient (Wildman–Crippen LogP) is 5.09. The van der Waals surface area contributed by atoms with E-state index < -0.39 is 0 Å². The van der Waals surface area contributed by atoms with E-state index in [1.54, 1.807) is 19.1 Å². The van der Waals surface area contributed by atoms with Gasteiger partial charge in [-0.1, -0.05) is 17.7 Å². The fourth-order valence-electron chi connectivity index (χ4n) is 3.91. The Morgan fingerprint density at radius 1 is 1.06 bits per heavy atom. The summed E-state index contributed by atoms with van der Waals surface area (Å²) in [7, 11) is 0. The Hall–Kier alpha value is -3.41. The van der Waals surface area contributed by atoms with Crippen LogP contribution in [0.1, 0.15) is 52.6 Å². The van der Waals surface area contributed by atoms with Gasteiger partial charge in [-0.3, -0.25) is 4.79 Å². The lowest BCUT2D eigenvalue weighted by atomic mass is 10.1. The van der Waals surface area contributed by atoms with Crippen LogP contribution in [0.3, 0.4) is 0 Å². The third kappa shape index (κ3) is 4.68. The Labute approximate surface area is 182 Å². The van der Waals surface area contributed by atoms with Crippen LogP contribution < -0.4 is 5.32 Å².